The quantitative estimate of drug-likeness (QED) is 0.712. The molecule has 1 unspecified atom stereocenters. The van der Waals surface area contributed by atoms with Crippen LogP contribution in [0.4, 0.5) is 0 Å². The predicted octanol–water partition coefficient (Wildman–Crippen LogP) is 0.168. The Morgan fingerprint density at radius 3 is 2.60 bits per heavy atom. The van der Waals surface area contributed by atoms with Gasteiger partial charge in [0, 0.05) is 25.4 Å². The third kappa shape index (κ3) is 3.90. The van der Waals surface area contributed by atoms with Crippen molar-refractivity contribution in [1.82, 2.24) is 19.1 Å². The molecule has 8 nitrogen and oxygen atoms in total. The van der Waals surface area contributed by atoms with E-state index in [1.165, 1.54) is 4.31 Å². The molecule has 0 radical (unpaired) electrons. The molecule has 1 aliphatic carbocycles. The van der Waals surface area contributed by atoms with Crippen molar-refractivity contribution in [2.45, 2.75) is 44.6 Å². The monoisotopic (exact) mass is 388 g/mol. The van der Waals surface area contributed by atoms with E-state index in [1.54, 1.807) is 0 Å². The maximum Gasteiger partial charge on any atom is 0.214 e. The maximum atomic E-state index is 12.6. The summed E-state index contributed by atoms with van der Waals surface area (Å²) >= 11 is 0. The lowest BCUT2D eigenvalue weighted by Gasteiger charge is -2.20. The van der Waals surface area contributed by atoms with Gasteiger partial charge in [-0.2, -0.15) is 9.40 Å². The molecule has 2 aliphatic heterocycles. The second-order valence-corrected chi connectivity index (χ2v) is 11.7. The van der Waals surface area contributed by atoms with Crippen molar-refractivity contribution < 1.29 is 16.8 Å². The number of sulfone groups is 1. The Labute approximate surface area is 148 Å². The van der Waals surface area contributed by atoms with Crippen molar-refractivity contribution in [1.29, 1.82) is 0 Å². The summed E-state index contributed by atoms with van der Waals surface area (Å²) in [6.45, 7) is 1.37. The molecule has 2 fully saturated rings. The number of nitrogens with zero attached hydrogens (tertiary/aromatic N) is 4. The zero-order valence-electron chi connectivity index (χ0n) is 14.2. The maximum absolute atomic E-state index is 12.6. The van der Waals surface area contributed by atoms with Gasteiger partial charge >= 0.3 is 0 Å². The summed E-state index contributed by atoms with van der Waals surface area (Å²) in [5.74, 6) is 2.61. The first-order valence-corrected chi connectivity index (χ1v) is 12.4. The summed E-state index contributed by atoms with van der Waals surface area (Å²) in [5, 5.41) is 4.53. The van der Waals surface area contributed by atoms with Gasteiger partial charge in [0.2, 0.25) is 10.0 Å². The van der Waals surface area contributed by atoms with Gasteiger partial charge in [0.15, 0.2) is 15.7 Å². The molecule has 0 N–H and O–H groups in total. The van der Waals surface area contributed by atoms with Crippen LogP contribution in [-0.2, 0) is 32.8 Å². The van der Waals surface area contributed by atoms with Crippen LogP contribution in [0.3, 0.4) is 0 Å². The first kappa shape index (κ1) is 17.4. The van der Waals surface area contributed by atoms with Crippen LogP contribution in [0.5, 0.6) is 0 Å². The van der Waals surface area contributed by atoms with E-state index in [9.17, 15) is 16.8 Å². The van der Waals surface area contributed by atoms with E-state index in [-0.39, 0.29) is 23.2 Å². The molecular formula is C15H24N4O4S2. The van der Waals surface area contributed by atoms with Gasteiger partial charge in [-0.1, -0.05) is 0 Å². The molecule has 0 amide bonds. The summed E-state index contributed by atoms with van der Waals surface area (Å²) < 4.78 is 51.7. The number of hydrogen-bond acceptors (Lipinski definition) is 6. The molecule has 1 atom stereocenters. The molecule has 1 aromatic rings. The molecule has 1 saturated heterocycles. The molecule has 0 aromatic carbocycles. The zero-order valence-corrected chi connectivity index (χ0v) is 15.8. The van der Waals surface area contributed by atoms with Crippen LogP contribution in [0.25, 0.3) is 0 Å². The van der Waals surface area contributed by atoms with Gasteiger partial charge < -0.3 is 0 Å². The first-order valence-electron chi connectivity index (χ1n) is 8.94. The Morgan fingerprint density at radius 1 is 1.12 bits per heavy atom. The fraction of sp³-hybridized carbons (Fsp3) is 0.867. The normalized spacial score (nSPS) is 27.1. The predicted molar refractivity (Wildman–Crippen MR) is 92.4 cm³/mol. The van der Waals surface area contributed by atoms with Crippen molar-refractivity contribution in [3.8, 4) is 0 Å². The highest BCUT2D eigenvalue weighted by Gasteiger charge is 2.33. The SMILES string of the molecule is O=S1(=O)CCC(CCS(=O)(=O)N2CCc3nc(C4CC4)nn3CC2)C1. The van der Waals surface area contributed by atoms with E-state index in [0.717, 1.165) is 24.5 Å². The highest BCUT2D eigenvalue weighted by molar-refractivity contribution is 7.91. The highest BCUT2D eigenvalue weighted by atomic mass is 32.2. The number of hydrogen-bond donors (Lipinski definition) is 0. The van der Waals surface area contributed by atoms with Crippen molar-refractivity contribution >= 4 is 19.9 Å². The Kier molecular flexibility index (Phi) is 4.40. The van der Waals surface area contributed by atoms with Gasteiger partial charge in [-0.25, -0.2) is 26.5 Å². The van der Waals surface area contributed by atoms with E-state index in [4.69, 9.17) is 0 Å². The van der Waals surface area contributed by atoms with Crippen molar-refractivity contribution in [2.24, 2.45) is 5.92 Å². The van der Waals surface area contributed by atoms with Crippen molar-refractivity contribution in [3.05, 3.63) is 11.6 Å². The van der Waals surface area contributed by atoms with Gasteiger partial charge in [0.05, 0.1) is 23.8 Å². The van der Waals surface area contributed by atoms with Gasteiger partial charge in [0.25, 0.3) is 0 Å². The third-order valence-corrected chi connectivity index (χ3v) is 9.10. The van der Waals surface area contributed by atoms with E-state index in [2.05, 4.69) is 10.1 Å². The lowest BCUT2D eigenvalue weighted by atomic mass is 10.1. The molecule has 3 aliphatic rings. The van der Waals surface area contributed by atoms with Crippen LogP contribution < -0.4 is 0 Å². The van der Waals surface area contributed by atoms with Gasteiger partial charge in [-0.3, -0.25) is 0 Å². The van der Waals surface area contributed by atoms with Crippen LogP contribution in [0.1, 0.15) is 43.3 Å². The van der Waals surface area contributed by atoms with Crippen molar-refractivity contribution in [3.63, 3.8) is 0 Å². The number of rotatable bonds is 5. The van der Waals surface area contributed by atoms with E-state index >= 15 is 0 Å². The Hall–Kier alpha value is -1.00. The molecule has 4 rings (SSSR count). The minimum Gasteiger partial charge on any atom is -0.248 e. The average molecular weight is 389 g/mol. The first-order chi connectivity index (χ1) is 11.8. The molecule has 10 heteroatoms. The van der Waals surface area contributed by atoms with Crippen LogP contribution >= 0.6 is 0 Å². The second-order valence-electron chi connectivity index (χ2n) is 7.41. The lowest BCUT2D eigenvalue weighted by molar-refractivity contribution is 0.404. The minimum absolute atomic E-state index is 0.0232. The van der Waals surface area contributed by atoms with Gasteiger partial charge in [-0.15, -0.1) is 0 Å². The van der Waals surface area contributed by atoms with E-state index in [0.29, 0.717) is 44.8 Å². The fourth-order valence-corrected chi connectivity index (χ4v) is 7.17. The average Bonchev–Trinajstić information content (AvgIpc) is 3.27. The molecule has 0 spiro atoms. The largest absolute Gasteiger partial charge is 0.248 e. The number of sulfonamides is 1. The molecule has 140 valence electrons. The van der Waals surface area contributed by atoms with Crippen LogP contribution in [-0.4, -0.2) is 66.3 Å². The Morgan fingerprint density at radius 2 is 1.92 bits per heavy atom. The molecule has 1 saturated carbocycles. The summed E-state index contributed by atoms with van der Waals surface area (Å²) in [6, 6.07) is 0. The topological polar surface area (TPSA) is 102 Å². The minimum atomic E-state index is -3.37. The van der Waals surface area contributed by atoms with E-state index in [1.807, 2.05) is 4.68 Å². The summed E-state index contributed by atoms with van der Waals surface area (Å²) in [7, 11) is -6.33. The van der Waals surface area contributed by atoms with Gasteiger partial charge in [-0.05, 0) is 31.6 Å². The van der Waals surface area contributed by atoms with E-state index < -0.39 is 19.9 Å². The third-order valence-electron chi connectivity index (χ3n) is 5.36. The fourth-order valence-electron chi connectivity index (χ4n) is 3.64. The zero-order chi connectivity index (χ0) is 17.7. The molecule has 3 heterocycles. The number of aromatic nitrogens is 3. The molecule has 25 heavy (non-hydrogen) atoms. The van der Waals surface area contributed by atoms with Crippen LogP contribution in [0.15, 0.2) is 0 Å². The number of fused-ring (bicyclic) bond motifs is 1. The van der Waals surface area contributed by atoms with Crippen molar-refractivity contribution in [2.75, 3.05) is 30.3 Å². The smallest absolute Gasteiger partial charge is 0.214 e. The summed E-state index contributed by atoms with van der Waals surface area (Å²) in [5.41, 5.74) is 0. The Bertz CT molecular complexity index is 833. The molecule has 0 bridgehead atoms. The summed E-state index contributed by atoms with van der Waals surface area (Å²) in [4.78, 5) is 4.58. The second kappa shape index (κ2) is 6.31. The highest BCUT2D eigenvalue weighted by Crippen LogP contribution is 2.38. The standard InChI is InChI=1S/C15H24N4O4S2/c20-24(21)9-4-12(11-24)5-10-25(22,23)18-6-3-14-16-15(13-1-2-13)17-19(14)8-7-18/h12-13H,1-11H2. The summed E-state index contributed by atoms with van der Waals surface area (Å²) in [6.07, 6.45) is 3.90. The Balaban J connectivity index is 1.35. The lowest BCUT2D eigenvalue weighted by Crippen LogP contribution is -2.36. The van der Waals surface area contributed by atoms with Crippen LogP contribution in [0.2, 0.25) is 0 Å². The van der Waals surface area contributed by atoms with Gasteiger partial charge in [0.1, 0.15) is 5.82 Å². The molecule has 1 aromatic heterocycles. The van der Waals surface area contributed by atoms with Crippen LogP contribution in [0, 0.1) is 5.92 Å². The molecular weight excluding hydrogens is 364 g/mol.